The molecule has 8 rings (SSSR count). The van der Waals surface area contributed by atoms with Crippen molar-refractivity contribution >= 4 is 0 Å². The zero-order valence-corrected chi connectivity index (χ0v) is 58.5. The highest BCUT2D eigenvalue weighted by molar-refractivity contribution is 4.97. The number of hydrogen-bond donors (Lipinski definition) is 4. The summed E-state index contributed by atoms with van der Waals surface area (Å²) in [6.45, 7) is 73.3. The second kappa shape index (κ2) is 62.4. The zero-order chi connectivity index (χ0) is 59.9. The predicted molar refractivity (Wildman–Crippen MR) is 353 cm³/mol. The van der Waals surface area contributed by atoms with Crippen LogP contribution in [-0.2, 0) is 9.47 Å². The number of rotatable bonds is 7. The van der Waals surface area contributed by atoms with Gasteiger partial charge in [-0.3, -0.25) is 0 Å². The van der Waals surface area contributed by atoms with Crippen LogP contribution in [0.5, 0.6) is 0 Å². The summed E-state index contributed by atoms with van der Waals surface area (Å²) in [4.78, 5) is 0. The van der Waals surface area contributed by atoms with E-state index in [-0.39, 0.29) is 0 Å². The van der Waals surface area contributed by atoms with Gasteiger partial charge in [-0.25, -0.2) is 0 Å². The van der Waals surface area contributed by atoms with Crippen LogP contribution in [-0.4, -0.2) is 78.3 Å². The molecule has 4 N–H and O–H groups in total. The van der Waals surface area contributed by atoms with Crippen LogP contribution >= 0.6 is 0 Å². The summed E-state index contributed by atoms with van der Waals surface area (Å²) in [6, 6.07) is 0. The van der Waals surface area contributed by atoms with Gasteiger partial charge in [-0.2, -0.15) is 0 Å². The highest BCUT2D eigenvalue weighted by atomic mass is 16.5. The van der Waals surface area contributed by atoms with Gasteiger partial charge in [0, 0.05) is 19.8 Å². The quantitative estimate of drug-likeness (QED) is 0.204. The normalized spacial score (nSPS) is 21.7. The third-order valence-corrected chi connectivity index (χ3v) is 16.6. The molecule has 2 saturated carbocycles. The van der Waals surface area contributed by atoms with Crippen LogP contribution in [0, 0.1) is 82.3 Å². The molecular formula is C70H156N4O2. The Morgan fingerprint density at radius 1 is 0.303 bits per heavy atom. The van der Waals surface area contributed by atoms with E-state index in [0.29, 0.717) is 6.10 Å². The molecule has 0 aromatic rings. The fourth-order valence-electron chi connectivity index (χ4n) is 10.8. The molecule has 76 heavy (non-hydrogen) atoms. The molecule has 0 aromatic heterocycles. The Morgan fingerprint density at radius 3 is 0.921 bits per heavy atom. The number of ether oxygens (including phenoxy) is 2. The average Bonchev–Trinajstić information content (AvgIpc) is 4.21. The van der Waals surface area contributed by atoms with Gasteiger partial charge in [0.05, 0.1) is 6.10 Å². The van der Waals surface area contributed by atoms with E-state index in [1.807, 2.05) is 96.9 Å². The van der Waals surface area contributed by atoms with E-state index in [2.05, 4.69) is 118 Å². The fraction of sp³-hybridized carbons (Fsp3) is 1.00. The number of piperidine rings is 3. The fourth-order valence-corrected chi connectivity index (χ4v) is 10.8. The molecule has 468 valence electrons. The van der Waals surface area contributed by atoms with Crippen molar-refractivity contribution in [2.75, 3.05) is 72.2 Å². The monoisotopic (exact) mass is 1090 g/mol. The van der Waals surface area contributed by atoms with Crippen LogP contribution in [0.3, 0.4) is 0 Å². The summed E-state index contributed by atoms with van der Waals surface area (Å²) in [5.41, 5.74) is 0.792. The molecule has 0 radical (unpaired) electrons. The molecule has 6 heterocycles. The van der Waals surface area contributed by atoms with Gasteiger partial charge in [0.15, 0.2) is 0 Å². The van der Waals surface area contributed by atoms with Crippen LogP contribution in [0.2, 0.25) is 0 Å². The summed E-state index contributed by atoms with van der Waals surface area (Å²) in [7, 11) is 0. The molecule has 1 spiro atoms. The standard InChI is InChI=1S/C11H21N.2C8H17N.C8H16O.C8H16.C7H14O.C6H13N.7C2H6/c1-9(2)10-7-11(8-10)3-5-12-6-4-11;1-7(2)8-3-5-9-6-4-8;1-7(2)8-4-3-5-9-6-8;1-7(2)8-3-5-9-6-4-8;1-7(2)8-5-3-4-6-8;1-6(2)7-4-3-5-8-7;1-5(2)6-3-7-4-6;7*1-2/h9-10,12H,3-8H2,1-2H3;2*7-9H,3-6H2,1-2H3;7-8H,3-6H2,1-2H3;7-8H,3-6H2,1-2H3;6-7H,3-5H2,1-2H3;5-7H,3-4H2,1-2H3;7*1-2H3. The van der Waals surface area contributed by atoms with Crippen molar-refractivity contribution in [2.45, 2.75) is 303 Å². The van der Waals surface area contributed by atoms with Crippen LogP contribution < -0.4 is 21.3 Å². The van der Waals surface area contributed by atoms with Crippen molar-refractivity contribution in [2.24, 2.45) is 82.3 Å². The Morgan fingerprint density at radius 2 is 0.671 bits per heavy atom. The van der Waals surface area contributed by atoms with E-state index in [1.165, 1.54) is 155 Å². The Bertz CT molecular complexity index is 927. The minimum Gasteiger partial charge on any atom is -0.381 e. The van der Waals surface area contributed by atoms with Gasteiger partial charge in [0.2, 0.25) is 0 Å². The van der Waals surface area contributed by atoms with E-state index in [1.54, 1.807) is 0 Å². The first-order valence-electron chi connectivity index (χ1n) is 34.6. The molecule has 0 bridgehead atoms. The van der Waals surface area contributed by atoms with Crippen LogP contribution in [0.1, 0.15) is 297 Å². The highest BCUT2D eigenvalue weighted by Gasteiger charge is 2.45. The van der Waals surface area contributed by atoms with E-state index in [9.17, 15) is 0 Å². The Kier molecular flexibility index (Phi) is 71.4. The van der Waals surface area contributed by atoms with Crippen LogP contribution in [0.4, 0.5) is 0 Å². The van der Waals surface area contributed by atoms with Gasteiger partial charge in [0.1, 0.15) is 0 Å². The van der Waals surface area contributed by atoms with Gasteiger partial charge in [0.25, 0.3) is 0 Å². The first-order valence-corrected chi connectivity index (χ1v) is 34.6. The number of hydrogen-bond acceptors (Lipinski definition) is 6. The van der Waals surface area contributed by atoms with Gasteiger partial charge >= 0.3 is 0 Å². The molecule has 6 heteroatoms. The van der Waals surface area contributed by atoms with E-state index in [4.69, 9.17) is 9.47 Å². The summed E-state index contributed by atoms with van der Waals surface area (Å²) in [5.74, 6) is 12.0. The lowest BCUT2D eigenvalue weighted by Gasteiger charge is -2.52. The van der Waals surface area contributed by atoms with Crippen LogP contribution in [0.25, 0.3) is 0 Å². The van der Waals surface area contributed by atoms with E-state index in [0.717, 1.165) is 102 Å². The molecule has 2 unspecified atom stereocenters. The van der Waals surface area contributed by atoms with Gasteiger partial charge in [-0.15, -0.1) is 0 Å². The summed E-state index contributed by atoms with van der Waals surface area (Å²) < 4.78 is 10.7. The minimum absolute atomic E-state index is 0.565. The summed E-state index contributed by atoms with van der Waals surface area (Å²) >= 11 is 0. The lowest BCUT2D eigenvalue weighted by atomic mass is 9.55. The molecule has 8 aliphatic rings. The maximum atomic E-state index is 5.41. The van der Waals surface area contributed by atoms with Crippen LogP contribution in [0.15, 0.2) is 0 Å². The largest absolute Gasteiger partial charge is 0.381 e. The third kappa shape index (κ3) is 46.4. The lowest BCUT2D eigenvalue weighted by Crippen LogP contribution is -2.46. The molecule has 8 fully saturated rings. The number of nitrogens with one attached hydrogen (secondary N) is 4. The highest BCUT2D eigenvalue weighted by Crippen LogP contribution is 2.54. The minimum atomic E-state index is 0.565. The topological polar surface area (TPSA) is 66.6 Å². The van der Waals surface area contributed by atoms with E-state index < -0.39 is 0 Å². The second-order valence-electron chi connectivity index (χ2n) is 23.8. The van der Waals surface area contributed by atoms with Crippen molar-refractivity contribution in [3.8, 4) is 0 Å². The average molecular weight is 1090 g/mol. The van der Waals surface area contributed by atoms with Gasteiger partial charge < -0.3 is 30.7 Å². The Labute approximate surface area is 485 Å². The van der Waals surface area contributed by atoms with E-state index >= 15 is 0 Å². The van der Waals surface area contributed by atoms with Gasteiger partial charge in [-0.1, -0.05) is 220 Å². The Hall–Kier alpha value is -0.240. The molecule has 2 atom stereocenters. The molecule has 0 amide bonds. The molecular weight excluding hydrogens is 929 g/mol. The van der Waals surface area contributed by atoms with Crippen molar-refractivity contribution < 1.29 is 9.47 Å². The smallest absolute Gasteiger partial charge is 0.0598 e. The molecule has 0 aromatic carbocycles. The maximum Gasteiger partial charge on any atom is 0.0598 e. The van der Waals surface area contributed by atoms with Crippen molar-refractivity contribution in [3.63, 3.8) is 0 Å². The lowest BCUT2D eigenvalue weighted by molar-refractivity contribution is -0.00191. The SMILES string of the molecule is CC.CC.CC.CC.CC.CC.CC.CC(C)C1CC2(CCNCC2)C1.CC(C)C1CCCC1.CC(C)C1CCCNC1.CC(C)C1CCCO1.CC(C)C1CCNCC1.CC(C)C1CCOCC1.CC(C)C1CNC1. The third-order valence-electron chi connectivity index (χ3n) is 16.6. The molecule has 6 aliphatic heterocycles. The summed E-state index contributed by atoms with van der Waals surface area (Å²) in [5, 5.41) is 13.5. The molecule has 6 nitrogen and oxygen atoms in total. The first kappa shape index (κ1) is 87.0. The summed E-state index contributed by atoms with van der Waals surface area (Å²) in [6.07, 6.45) is 23.1. The molecule has 6 saturated heterocycles. The Balaban J connectivity index is -0.000000182. The maximum absolute atomic E-state index is 5.41. The predicted octanol–water partition coefficient (Wildman–Crippen LogP) is 20.5. The zero-order valence-electron chi connectivity index (χ0n) is 58.5. The first-order chi connectivity index (χ1) is 36.5. The van der Waals surface area contributed by atoms with Crippen molar-refractivity contribution in [1.82, 2.24) is 21.3 Å². The van der Waals surface area contributed by atoms with Crippen molar-refractivity contribution in [3.05, 3.63) is 0 Å². The molecule has 2 aliphatic carbocycles. The van der Waals surface area contributed by atoms with Crippen molar-refractivity contribution in [1.29, 1.82) is 0 Å². The van der Waals surface area contributed by atoms with Gasteiger partial charge in [-0.05, 0) is 212 Å². The second-order valence-corrected chi connectivity index (χ2v) is 23.8.